The molecule has 0 aliphatic heterocycles. The summed E-state index contributed by atoms with van der Waals surface area (Å²) >= 11 is 0. The highest BCUT2D eigenvalue weighted by molar-refractivity contribution is 7.40. The first-order valence-electron chi connectivity index (χ1n) is 10.6. The number of carbonyl (C=O) groups is 4. The minimum Gasteiger partial charge on any atom is -0.355 e. The normalized spacial score (nSPS) is 20.4. The lowest BCUT2D eigenvalue weighted by Gasteiger charge is -2.24. The molecule has 0 aromatic rings. The minimum atomic E-state index is -0.170. The van der Waals surface area contributed by atoms with Crippen molar-refractivity contribution in [3.05, 3.63) is 11.8 Å². The van der Waals surface area contributed by atoms with Crippen LogP contribution in [0.15, 0.2) is 11.8 Å². The van der Waals surface area contributed by atoms with Gasteiger partial charge in [-0.3, -0.25) is 25.0 Å². The summed E-state index contributed by atoms with van der Waals surface area (Å²) in [6.45, 7) is 2.50. The zero-order valence-electron chi connectivity index (χ0n) is 17.8. The maximum absolute atomic E-state index is 12.5. The summed E-state index contributed by atoms with van der Waals surface area (Å²) in [5.74, 6) is 5.76. The molecule has 5 N–H and O–H groups in total. The third-order valence-corrected chi connectivity index (χ3v) is 6.56. The molecule has 8 nitrogen and oxygen atoms in total. The Bertz CT molecular complexity index is 629. The number of allylic oxidation sites excluding steroid dienone is 1. The zero-order valence-corrected chi connectivity index (χ0v) is 20.0. The van der Waals surface area contributed by atoms with E-state index < -0.39 is 0 Å². The lowest BCUT2D eigenvalue weighted by Crippen LogP contribution is -2.30. The Morgan fingerprint density at radius 2 is 1.87 bits per heavy atom. The number of nitrogens with one attached hydrogen (secondary N) is 3. The van der Waals surface area contributed by atoms with E-state index in [0.717, 1.165) is 32.1 Å². The molecule has 0 heterocycles. The van der Waals surface area contributed by atoms with Crippen molar-refractivity contribution in [3.63, 3.8) is 0 Å². The maximum atomic E-state index is 12.5. The van der Waals surface area contributed by atoms with E-state index in [1.807, 2.05) is 6.20 Å². The topological polar surface area (TPSA) is 130 Å². The summed E-state index contributed by atoms with van der Waals surface area (Å²) in [4.78, 5) is 46.8. The maximum Gasteiger partial charge on any atom is 0.225 e. The number of rotatable bonds is 12. The highest BCUT2D eigenvalue weighted by atomic mass is 31.1. The lowest BCUT2D eigenvalue weighted by atomic mass is 9.81. The van der Waals surface area contributed by atoms with Crippen LogP contribution in [0.5, 0.6) is 0 Å². The fourth-order valence-electron chi connectivity index (χ4n) is 3.52. The number of carbonyl (C=O) groups excluding carboxylic acids is 4. The molecule has 178 valence electrons. The van der Waals surface area contributed by atoms with E-state index in [0.29, 0.717) is 31.7 Å². The molecule has 1 saturated carbocycles. The van der Waals surface area contributed by atoms with Gasteiger partial charge in [-0.1, -0.05) is 29.2 Å². The average molecular weight is 475 g/mol. The van der Waals surface area contributed by atoms with E-state index in [2.05, 4.69) is 32.0 Å². The van der Waals surface area contributed by atoms with Crippen LogP contribution in [0.3, 0.4) is 0 Å². The van der Waals surface area contributed by atoms with Crippen molar-refractivity contribution in [1.29, 1.82) is 0 Å². The molecule has 31 heavy (non-hydrogen) atoms. The molecule has 1 aliphatic carbocycles. The fraction of sp³-hybridized carbons (Fsp3) is 0.714. The van der Waals surface area contributed by atoms with E-state index in [4.69, 9.17) is 5.84 Å². The van der Waals surface area contributed by atoms with Crippen LogP contribution in [-0.2, 0) is 19.2 Å². The van der Waals surface area contributed by atoms with E-state index in [9.17, 15) is 19.2 Å². The minimum absolute atomic E-state index is 0. The van der Waals surface area contributed by atoms with Crippen molar-refractivity contribution in [1.82, 2.24) is 15.8 Å². The monoisotopic (exact) mass is 474 g/mol. The van der Waals surface area contributed by atoms with Crippen molar-refractivity contribution < 1.29 is 19.2 Å². The predicted octanol–water partition coefficient (Wildman–Crippen LogP) is 2.54. The molecule has 10 heteroatoms. The standard InChI is InChI=1S/C20H36N4O4P2.CH4/c1-14-8-9-15(4-2-5-16(14)12-23-21)17(25)10-11-22-19(27)13-30-24-18(26)6-3-7-20(28)29;/h12,14-15,23,30H,2-11,13,21,29H2,1H3,(H,22,27)(H,24,26);1H4/b16-12-;. The van der Waals surface area contributed by atoms with Crippen LogP contribution in [-0.4, -0.2) is 35.8 Å². The SMILES string of the molecule is C.CC1CCC(C(=O)CCNC(=O)CPNC(=O)CCCC(=O)P)CCC/C1=C/NN. The zero-order chi connectivity index (χ0) is 22.4. The Labute approximate surface area is 190 Å². The van der Waals surface area contributed by atoms with Crippen LogP contribution >= 0.6 is 18.0 Å². The molecule has 1 fully saturated rings. The molecule has 1 rings (SSSR count). The van der Waals surface area contributed by atoms with Gasteiger partial charge in [0.2, 0.25) is 11.8 Å². The van der Waals surface area contributed by atoms with Gasteiger partial charge < -0.3 is 15.8 Å². The van der Waals surface area contributed by atoms with Gasteiger partial charge in [0, 0.05) is 37.9 Å². The molecule has 0 bridgehead atoms. The van der Waals surface area contributed by atoms with Crippen LogP contribution in [0.2, 0.25) is 0 Å². The van der Waals surface area contributed by atoms with Crippen molar-refractivity contribution in [2.24, 2.45) is 17.7 Å². The van der Waals surface area contributed by atoms with Gasteiger partial charge in [-0.25, -0.2) is 0 Å². The Kier molecular flexibility index (Phi) is 16.5. The first-order chi connectivity index (χ1) is 14.3. The number of hydrogen-bond donors (Lipinski definition) is 4. The summed E-state index contributed by atoms with van der Waals surface area (Å²) in [5, 5.41) is 5.46. The second-order valence-electron chi connectivity index (χ2n) is 7.74. The molecule has 0 aromatic carbocycles. The summed E-state index contributed by atoms with van der Waals surface area (Å²) in [7, 11) is 2.08. The molecular weight excluding hydrogens is 434 g/mol. The van der Waals surface area contributed by atoms with Gasteiger partial charge in [-0.15, -0.1) is 0 Å². The first-order valence-corrected chi connectivity index (χ1v) is 12.4. The number of hydrazine groups is 1. The number of hydrogen-bond acceptors (Lipinski definition) is 6. The molecule has 0 radical (unpaired) electrons. The number of amides is 2. The second kappa shape index (κ2) is 17.2. The number of nitrogens with two attached hydrogens (primary N) is 1. The van der Waals surface area contributed by atoms with Gasteiger partial charge in [-0.2, -0.15) is 0 Å². The van der Waals surface area contributed by atoms with Gasteiger partial charge in [-0.05, 0) is 53.2 Å². The molecule has 2 amide bonds. The smallest absolute Gasteiger partial charge is 0.225 e. The van der Waals surface area contributed by atoms with Crippen LogP contribution < -0.4 is 21.7 Å². The highest BCUT2D eigenvalue weighted by Crippen LogP contribution is 2.30. The molecule has 4 unspecified atom stereocenters. The van der Waals surface area contributed by atoms with Crippen molar-refractivity contribution in [2.45, 2.75) is 72.1 Å². The predicted molar refractivity (Wildman–Crippen MR) is 130 cm³/mol. The molecular formula is C21H40N4O4P2. The van der Waals surface area contributed by atoms with E-state index >= 15 is 0 Å². The number of Topliss-reactive ketones (excluding diaryl/α,β-unsaturated/α-hetero) is 1. The largest absolute Gasteiger partial charge is 0.355 e. The quantitative estimate of drug-likeness (QED) is 0.195. The molecule has 0 spiro atoms. The second-order valence-corrected chi connectivity index (χ2v) is 9.34. The van der Waals surface area contributed by atoms with Gasteiger partial charge >= 0.3 is 0 Å². The highest BCUT2D eigenvalue weighted by Gasteiger charge is 2.23. The van der Waals surface area contributed by atoms with E-state index in [1.54, 1.807) is 0 Å². The van der Waals surface area contributed by atoms with E-state index in [-0.39, 0.29) is 57.8 Å². The molecule has 0 aromatic heterocycles. The Morgan fingerprint density at radius 3 is 2.55 bits per heavy atom. The van der Waals surface area contributed by atoms with Crippen LogP contribution in [0.1, 0.15) is 72.1 Å². The van der Waals surface area contributed by atoms with Crippen molar-refractivity contribution >= 4 is 41.1 Å². The van der Waals surface area contributed by atoms with Crippen LogP contribution in [0.4, 0.5) is 0 Å². The van der Waals surface area contributed by atoms with Gasteiger partial charge in [0.05, 0.1) is 6.16 Å². The Morgan fingerprint density at radius 1 is 1.13 bits per heavy atom. The van der Waals surface area contributed by atoms with Gasteiger partial charge in [0.1, 0.15) is 11.3 Å². The lowest BCUT2D eigenvalue weighted by molar-refractivity contribution is -0.124. The van der Waals surface area contributed by atoms with Crippen LogP contribution in [0.25, 0.3) is 0 Å². The third kappa shape index (κ3) is 13.6. The van der Waals surface area contributed by atoms with Gasteiger partial charge in [0.15, 0.2) is 0 Å². The first kappa shape index (κ1) is 29.6. The van der Waals surface area contributed by atoms with Crippen LogP contribution in [0, 0.1) is 11.8 Å². The van der Waals surface area contributed by atoms with Gasteiger partial charge in [0.25, 0.3) is 0 Å². The molecule has 1 aliphatic rings. The summed E-state index contributed by atoms with van der Waals surface area (Å²) in [5.41, 5.74) is 3.91. The average Bonchev–Trinajstić information content (AvgIpc) is 2.67. The van der Waals surface area contributed by atoms with E-state index in [1.165, 1.54) is 5.57 Å². The Balaban J connectivity index is 0.00000900. The summed E-state index contributed by atoms with van der Waals surface area (Å²) in [6.07, 6.45) is 8.18. The Hall–Kier alpha value is -1.36. The van der Waals surface area contributed by atoms with Crippen molar-refractivity contribution in [2.75, 3.05) is 12.7 Å². The molecule has 4 atom stereocenters. The summed E-state index contributed by atoms with van der Waals surface area (Å²) in [6, 6.07) is 0. The van der Waals surface area contributed by atoms with Crippen molar-refractivity contribution in [3.8, 4) is 0 Å². The summed E-state index contributed by atoms with van der Waals surface area (Å²) < 4.78 is 0. The molecule has 0 saturated heterocycles. The fourth-order valence-corrected chi connectivity index (χ4v) is 4.42. The number of ketones is 1. The third-order valence-electron chi connectivity index (χ3n) is 5.32.